The van der Waals surface area contributed by atoms with E-state index in [1.165, 1.54) is 13.3 Å². The number of amides is 2. The third kappa shape index (κ3) is 6.73. The van der Waals surface area contributed by atoms with Gasteiger partial charge in [0.15, 0.2) is 0 Å². The summed E-state index contributed by atoms with van der Waals surface area (Å²) in [4.78, 5) is 37.9. The van der Waals surface area contributed by atoms with Crippen LogP contribution in [-0.4, -0.2) is 42.3 Å². The molecule has 38 heavy (non-hydrogen) atoms. The van der Waals surface area contributed by atoms with Crippen molar-refractivity contribution in [3.63, 3.8) is 0 Å². The van der Waals surface area contributed by atoms with Crippen molar-refractivity contribution in [2.75, 3.05) is 13.2 Å². The Bertz CT molecular complexity index is 1300. The summed E-state index contributed by atoms with van der Waals surface area (Å²) in [6, 6.07) is 11.9. The number of esters is 1. The predicted molar refractivity (Wildman–Crippen MR) is 146 cm³/mol. The number of carbonyl (C=O) groups excluding carboxylic acids is 3. The van der Waals surface area contributed by atoms with E-state index in [1.54, 1.807) is 42.5 Å². The van der Waals surface area contributed by atoms with Crippen molar-refractivity contribution < 1.29 is 29.0 Å². The first kappa shape index (κ1) is 27.2. The van der Waals surface area contributed by atoms with Crippen LogP contribution in [0.2, 0.25) is 0 Å². The molecule has 1 unspecified atom stereocenters. The van der Waals surface area contributed by atoms with Gasteiger partial charge >= 0.3 is 5.97 Å². The monoisotopic (exact) mass is 520 g/mol. The van der Waals surface area contributed by atoms with Crippen molar-refractivity contribution in [3.05, 3.63) is 48.0 Å². The fourth-order valence-corrected chi connectivity index (χ4v) is 4.84. The molecule has 3 aromatic rings. The maximum atomic E-state index is 13.1. The Balaban J connectivity index is 1.75. The van der Waals surface area contributed by atoms with Gasteiger partial charge in [-0.25, -0.2) is 4.79 Å². The highest BCUT2D eigenvalue weighted by Crippen LogP contribution is 2.42. The number of cyclic esters (lactones) is 1. The van der Waals surface area contributed by atoms with Crippen molar-refractivity contribution >= 4 is 39.3 Å². The lowest BCUT2D eigenvalue weighted by atomic mass is 9.99. The number of hydrogen-bond donors (Lipinski definition) is 3. The summed E-state index contributed by atoms with van der Waals surface area (Å²) in [7, 11) is 0. The van der Waals surface area contributed by atoms with E-state index < -0.39 is 24.0 Å². The molecule has 8 heteroatoms. The van der Waals surface area contributed by atoms with Crippen LogP contribution in [0.15, 0.2) is 42.5 Å². The highest BCUT2D eigenvalue weighted by Gasteiger charge is 2.25. The van der Waals surface area contributed by atoms with E-state index >= 15 is 0 Å². The Morgan fingerprint density at radius 1 is 0.868 bits per heavy atom. The fourth-order valence-electron chi connectivity index (χ4n) is 4.84. The molecule has 1 heterocycles. The molecule has 3 aromatic carbocycles. The second kappa shape index (κ2) is 13.1. The maximum absolute atomic E-state index is 13.1. The average molecular weight is 521 g/mol. The summed E-state index contributed by atoms with van der Waals surface area (Å²) in [6.07, 6.45) is 8.07. The molecule has 0 fully saturated rings. The highest BCUT2D eigenvalue weighted by molar-refractivity contribution is 6.12. The van der Waals surface area contributed by atoms with Crippen LogP contribution in [0.1, 0.15) is 75.1 Å². The number of phenolic OH excluding ortho intramolecular Hbond substituents is 1. The number of ether oxygens (including phenoxy) is 2. The smallest absolute Gasteiger partial charge is 0.338 e. The zero-order chi connectivity index (χ0) is 26.9. The van der Waals surface area contributed by atoms with Gasteiger partial charge in [0, 0.05) is 35.0 Å². The number of nitrogens with one attached hydrogen (secondary N) is 2. The molecule has 1 aliphatic heterocycles. The molecular formula is C30H36N2O6. The number of rotatable bonds is 1. The SMILES string of the molecule is CC(=O)NC1Oc2c3ccccc3c(O)c3ccc(cc23)C(=O)OCCCCCCCCCCCNC1=O. The standard InChI is InChI=1S/C30H36N2O6/c1-20(33)32-29-28(35)31-17-11-7-5-3-2-4-6-8-12-18-37-30(36)21-15-16-23-25(19-21)27(38-29)24-14-10-9-13-22(24)26(23)34/h9-10,13-16,19,29,34H,2-8,11-12,17-18H2,1H3,(H,31,35)(H,32,33). The summed E-state index contributed by atoms with van der Waals surface area (Å²) in [5, 5.41) is 18.4. The fraction of sp³-hybridized carbons (Fsp3) is 0.433. The molecular weight excluding hydrogens is 484 g/mol. The van der Waals surface area contributed by atoms with Crippen LogP contribution in [0, 0.1) is 0 Å². The van der Waals surface area contributed by atoms with E-state index in [1.807, 2.05) is 0 Å². The van der Waals surface area contributed by atoms with Crippen LogP contribution in [0.4, 0.5) is 0 Å². The Labute approximate surface area is 222 Å². The molecule has 2 bridgehead atoms. The molecule has 202 valence electrons. The Kier molecular flexibility index (Phi) is 9.40. The van der Waals surface area contributed by atoms with Crippen LogP contribution < -0.4 is 15.4 Å². The highest BCUT2D eigenvalue weighted by atomic mass is 16.5. The quantitative estimate of drug-likeness (QED) is 0.295. The van der Waals surface area contributed by atoms with Gasteiger partial charge in [-0.2, -0.15) is 0 Å². The predicted octanol–water partition coefficient (Wildman–Crippen LogP) is 5.34. The minimum absolute atomic E-state index is 0.0360. The van der Waals surface area contributed by atoms with Crippen molar-refractivity contribution in [2.45, 2.75) is 70.9 Å². The van der Waals surface area contributed by atoms with E-state index in [0.29, 0.717) is 40.3 Å². The van der Waals surface area contributed by atoms with Gasteiger partial charge in [-0.3, -0.25) is 9.59 Å². The molecule has 2 amide bonds. The van der Waals surface area contributed by atoms with Gasteiger partial charge in [-0.1, -0.05) is 69.2 Å². The second-order valence-corrected chi connectivity index (χ2v) is 9.79. The average Bonchev–Trinajstić information content (AvgIpc) is 2.91. The van der Waals surface area contributed by atoms with Gasteiger partial charge in [0.1, 0.15) is 11.5 Å². The molecule has 0 radical (unpaired) electrons. The van der Waals surface area contributed by atoms with Gasteiger partial charge in [0.25, 0.3) is 12.1 Å². The molecule has 0 saturated carbocycles. The minimum Gasteiger partial charge on any atom is -0.507 e. The van der Waals surface area contributed by atoms with E-state index in [9.17, 15) is 19.5 Å². The Morgan fingerprint density at radius 3 is 2.21 bits per heavy atom. The second-order valence-electron chi connectivity index (χ2n) is 9.79. The molecule has 1 aliphatic rings. The van der Waals surface area contributed by atoms with Gasteiger partial charge in [-0.15, -0.1) is 0 Å². The number of aromatic hydroxyl groups is 1. The van der Waals surface area contributed by atoms with Crippen LogP contribution in [-0.2, 0) is 14.3 Å². The first-order chi connectivity index (χ1) is 18.5. The van der Waals surface area contributed by atoms with Crippen LogP contribution in [0.5, 0.6) is 11.5 Å². The Morgan fingerprint density at radius 2 is 1.50 bits per heavy atom. The van der Waals surface area contributed by atoms with Crippen molar-refractivity contribution in [3.8, 4) is 11.5 Å². The molecule has 0 saturated heterocycles. The van der Waals surface area contributed by atoms with E-state index in [0.717, 1.165) is 51.4 Å². The molecule has 3 N–H and O–H groups in total. The molecule has 0 aromatic heterocycles. The van der Waals surface area contributed by atoms with E-state index in [-0.39, 0.29) is 11.5 Å². The summed E-state index contributed by atoms with van der Waals surface area (Å²) in [5.41, 5.74) is 0.309. The van der Waals surface area contributed by atoms with Gasteiger partial charge in [-0.05, 0) is 31.0 Å². The first-order valence-electron chi connectivity index (χ1n) is 13.5. The molecule has 8 nitrogen and oxygen atoms in total. The van der Waals surface area contributed by atoms with Gasteiger partial charge in [0.2, 0.25) is 5.91 Å². The number of benzene rings is 3. The van der Waals surface area contributed by atoms with Gasteiger partial charge in [0.05, 0.1) is 12.2 Å². The lowest BCUT2D eigenvalue weighted by molar-refractivity contribution is -0.134. The number of hydrogen-bond acceptors (Lipinski definition) is 6. The summed E-state index contributed by atoms with van der Waals surface area (Å²) >= 11 is 0. The third-order valence-corrected chi connectivity index (χ3v) is 6.84. The minimum atomic E-state index is -1.30. The molecule has 0 spiro atoms. The third-order valence-electron chi connectivity index (χ3n) is 6.84. The normalized spacial score (nSPS) is 18.7. The first-order valence-corrected chi connectivity index (χ1v) is 13.5. The molecule has 0 aliphatic carbocycles. The zero-order valence-electron chi connectivity index (χ0n) is 21.9. The summed E-state index contributed by atoms with van der Waals surface area (Å²) in [6.45, 7) is 2.14. The summed E-state index contributed by atoms with van der Waals surface area (Å²) in [5.74, 6) is -1.04. The summed E-state index contributed by atoms with van der Waals surface area (Å²) < 4.78 is 11.7. The van der Waals surface area contributed by atoms with Gasteiger partial charge < -0.3 is 25.2 Å². The maximum Gasteiger partial charge on any atom is 0.338 e. The lowest BCUT2D eigenvalue weighted by Crippen LogP contribution is -2.49. The topological polar surface area (TPSA) is 114 Å². The van der Waals surface area contributed by atoms with E-state index in [2.05, 4.69) is 10.6 Å². The van der Waals surface area contributed by atoms with Crippen LogP contribution >= 0.6 is 0 Å². The number of phenols is 1. The van der Waals surface area contributed by atoms with E-state index in [4.69, 9.17) is 9.47 Å². The van der Waals surface area contributed by atoms with Crippen molar-refractivity contribution in [1.82, 2.24) is 10.6 Å². The largest absolute Gasteiger partial charge is 0.507 e. The number of carbonyl (C=O) groups is 3. The molecule has 4 rings (SSSR count). The lowest BCUT2D eigenvalue weighted by Gasteiger charge is -2.22. The van der Waals surface area contributed by atoms with Crippen molar-refractivity contribution in [2.24, 2.45) is 0 Å². The van der Waals surface area contributed by atoms with Crippen molar-refractivity contribution in [1.29, 1.82) is 0 Å². The molecule has 1 atom stereocenters. The number of fused-ring (bicyclic) bond motifs is 3. The van der Waals surface area contributed by atoms with Crippen LogP contribution in [0.3, 0.4) is 0 Å². The Hall–Kier alpha value is -3.81. The zero-order valence-corrected chi connectivity index (χ0v) is 21.9. The van der Waals surface area contributed by atoms with Crippen LogP contribution in [0.25, 0.3) is 21.5 Å².